The van der Waals surface area contributed by atoms with Gasteiger partial charge in [-0.25, -0.2) is 9.97 Å². The number of aryl methyl sites for hydroxylation is 1. The Kier molecular flexibility index (Phi) is 4.53. The van der Waals surface area contributed by atoms with Crippen LogP contribution in [0.5, 0.6) is 0 Å². The lowest BCUT2D eigenvalue weighted by Crippen LogP contribution is -2.40. The molecule has 100 valence electrons. The molecule has 1 unspecified atom stereocenters. The second-order valence-corrected chi connectivity index (χ2v) is 5.55. The van der Waals surface area contributed by atoms with Crippen LogP contribution >= 0.6 is 0 Å². The molecule has 4 heteroatoms. The smallest absolute Gasteiger partial charge is 0.132 e. The summed E-state index contributed by atoms with van der Waals surface area (Å²) in [6, 6.07) is 2.63. The van der Waals surface area contributed by atoms with Crippen LogP contribution in [0.4, 0.5) is 5.82 Å². The Bertz CT molecular complexity index is 372. The van der Waals surface area contributed by atoms with E-state index in [1.54, 1.807) is 0 Å². The van der Waals surface area contributed by atoms with Crippen LogP contribution in [0.25, 0.3) is 0 Å². The lowest BCUT2D eigenvalue weighted by Gasteiger charge is -2.28. The maximum atomic E-state index is 4.56. The van der Waals surface area contributed by atoms with Crippen LogP contribution in [0.15, 0.2) is 12.3 Å². The predicted molar refractivity (Wildman–Crippen MR) is 74.8 cm³/mol. The van der Waals surface area contributed by atoms with Crippen molar-refractivity contribution in [3.05, 3.63) is 18.1 Å². The van der Waals surface area contributed by atoms with Crippen molar-refractivity contribution in [2.45, 2.75) is 39.7 Å². The van der Waals surface area contributed by atoms with Crippen molar-refractivity contribution in [1.82, 2.24) is 15.3 Å². The molecule has 0 spiro atoms. The van der Waals surface area contributed by atoms with Gasteiger partial charge in [-0.1, -0.05) is 13.8 Å². The lowest BCUT2D eigenvalue weighted by molar-refractivity contribution is 0.537. The van der Waals surface area contributed by atoms with Crippen molar-refractivity contribution >= 4 is 5.82 Å². The molecule has 0 bridgehead atoms. The third-order valence-electron chi connectivity index (χ3n) is 3.27. The highest BCUT2D eigenvalue weighted by Gasteiger charge is 2.19. The highest BCUT2D eigenvalue weighted by Crippen LogP contribution is 2.15. The first-order valence-corrected chi connectivity index (χ1v) is 6.93. The Balaban J connectivity index is 2.08. The van der Waals surface area contributed by atoms with Gasteiger partial charge in [0.15, 0.2) is 0 Å². The molecule has 2 heterocycles. The second kappa shape index (κ2) is 6.14. The van der Waals surface area contributed by atoms with Gasteiger partial charge in [0.1, 0.15) is 11.6 Å². The molecule has 0 aromatic carbocycles. The van der Waals surface area contributed by atoms with Crippen molar-refractivity contribution in [1.29, 1.82) is 0 Å². The third kappa shape index (κ3) is 3.67. The van der Waals surface area contributed by atoms with Gasteiger partial charge in [-0.3, -0.25) is 0 Å². The van der Waals surface area contributed by atoms with E-state index in [0.29, 0.717) is 12.0 Å². The highest BCUT2D eigenvalue weighted by molar-refractivity contribution is 5.37. The minimum absolute atomic E-state index is 0.610. The van der Waals surface area contributed by atoms with Gasteiger partial charge in [0.2, 0.25) is 0 Å². The van der Waals surface area contributed by atoms with Gasteiger partial charge < -0.3 is 10.2 Å². The highest BCUT2D eigenvalue weighted by atomic mass is 15.2. The molecule has 18 heavy (non-hydrogen) atoms. The average Bonchev–Trinajstić information content (AvgIpc) is 2.80. The standard InChI is InChI=1S/C14H24N4/c1-11(2)9-18(10-13-5-4-7-16-13)14-6-8-15-12(3)17-14/h6,8,11,13,16H,4-5,7,9-10H2,1-3H3. The number of anilines is 1. The quantitative estimate of drug-likeness (QED) is 0.865. The fourth-order valence-electron chi connectivity index (χ4n) is 2.50. The first-order chi connectivity index (χ1) is 8.65. The predicted octanol–water partition coefficient (Wildman–Crippen LogP) is 2.00. The van der Waals surface area contributed by atoms with Crippen molar-refractivity contribution in [3.8, 4) is 0 Å². The molecule has 0 saturated carbocycles. The van der Waals surface area contributed by atoms with Gasteiger partial charge in [-0.15, -0.1) is 0 Å². The largest absolute Gasteiger partial charge is 0.355 e. The van der Waals surface area contributed by atoms with Crippen LogP contribution in [0.3, 0.4) is 0 Å². The third-order valence-corrected chi connectivity index (χ3v) is 3.27. The van der Waals surface area contributed by atoms with E-state index in [9.17, 15) is 0 Å². The molecule has 1 atom stereocenters. The van der Waals surface area contributed by atoms with Gasteiger partial charge in [-0.2, -0.15) is 0 Å². The Labute approximate surface area is 110 Å². The molecular weight excluding hydrogens is 224 g/mol. The number of hydrogen-bond donors (Lipinski definition) is 1. The summed E-state index contributed by atoms with van der Waals surface area (Å²) in [4.78, 5) is 11.1. The molecule has 1 aromatic rings. The fraction of sp³-hybridized carbons (Fsp3) is 0.714. The van der Waals surface area contributed by atoms with Crippen LogP contribution in [-0.4, -0.2) is 35.6 Å². The summed E-state index contributed by atoms with van der Waals surface area (Å²) in [6.07, 6.45) is 4.43. The van der Waals surface area contributed by atoms with E-state index in [-0.39, 0.29) is 0 Å². The number of aromatic nitrogens is 2. The zero-order chi connectivity index (χ0) is 13.0. The summed E-state index contributed by atoms with van der Waals surface area (Å²) in [5, 5.41) is 3.56. The summed E-state index contributed by atoms with van der Waals surface area (Å²) in [6.45, 7) is 9.71. The maximum absolute atomic E-state index is 4.56. The maximum Gasteiger partial charge on any atom is 0.132 e. The summed E-state index contributed by atoms with van der Waals surface area (Å²) < 4.78 is 0. The number of rotatable bonds is 5. The number of hydrogen-bond acceptors (Lipinski definition) is 4. The van der Waals surface area contributed by atoms with E-state index >= 15 is 0 Å². The van der Waals surface area contributed by atoms with Crippen LogP contribution in [-0.2, 0) is 0 Å². The van der Waals surface area contributed by atoms with Gasteiger partial charge in [0.05, 0.1) is 0 Å². The Morgan fingerprint density at radius 3 is 2.94 bits per heavy atom. The zero-order valence-corrected chi connectivity index (χ0v) is 11.7. The second-order valence-electron chi connectivity index (χ2n) is 5.55. The minimum atomic E-state index is 0.610. The molecular formula is C14H24N4. The molecule has 1 fully saturated rings. The van der Waals surface area contributed by atoms with Crippen molar-refractivity contribution in [2.24, 2.45) is 5.92 Å². The van der Waals surface area contributed by atoms with E-state index in [1.165, 1.54) is 12.8 Å². The van der Waals surface area contributed by atoms with Crippen LogP contribution < -0.4 is 10.2 Å². The van der Waals surface area contributed by atoms with Crippen LogP contribution in [0.1, 0.15) is 32.5 Å². The summed E-state index contributed by atoms with van der Waals surface area (Å²) in [7, 11) is 0. The van der Waals surface area contributed by atoms with E-state index < -0.39 is 0 Å². The molecule has 0 aliphatic carbocycles. The van der Waals surface area contributed by atoms with Gasteiger partial charge in [0, 0.05) is 25.3 Å². The Morgan fingerprint density at radius 2 is 2.33 bits per heavy atom. The molecule has 4 nitrogen and oxygen atoms in total. The average molecular weight is 248 g/mol. The summed E-state index contributed by atoms with van der Waals surface area (Å²) in [5.41, 5.74) is 0. The Hall–Kier alpha value is -1.16. The van der Waals surface area contributed by atoms with Crippen molar-refractivity contribution in [3.63, 3.8) is 0 Å². The van der Waals surface area contributed by atoms with E-state index in [2.05, 4.69) is 34.0 Å². The first-order valence-electron chi connectivity index (χ1n) is 6.93. The normalized spacial score (nSPS) is 19.4. The summed E-state index contributed by atoms with van der Waals surface area (Å²) >= 11 is 0. The minimum Gasteiger partial charge on any atom is -0.355 e. The van der Waals surface area contributed by atoms with Crippen molar-refractivity contribution in [2.75, 3.05) is 24.5 Å². The topological polar surface area (TPSA) is 41.1 Å². The molecule has 1 saturated heterocycles. The number of nitrogens with zero attached hydrogens (tertiary/aromatic N) is 3. The first kappa shape index (κ1) is 13.3. The summed E-state index contributed by atoms with van der Waals surface area (Å²) in [5.74, 6) is 2.55. The molecule has 2 rings (SSSR count). The zero-order valence-electron chi connectivity index (χ0n) is 11.7. The van der Waals surface area contributed by atoms with Crippen molar-refractivity contribution < 1.29 is 0 Å². The molecule has 1 aliphatic rings. The lowest BCUT2D eigenvalue weighted by atomic mass is 10.1. The SMILES string of the molecule is Cc1nccc(N(CC(C)C)CC2CCCN2)n1. The van der Waals surface area contributed by atoms with Gasteiger partial charge >= 0.3 is 0 Å². The van der Waals surface area contributed by atoms with Gasteiger partial charge in [0.25, 0.3) is 0 Å². The monoisotopic (exact) mass is 248 g/mol. The fourth-order valence-corrected chi connectivity index (χ4v) is 2.50. The van der Waals surface area contributed by atoms with E-state index in [1.807, 2.05) is 19.2 Å². The molecule has 1 aromatic heterocycles. The van der Waals surface area contributed by atoms with Gasteiger partial charge in [-0.05, 0) is 38.3 Å². The molecule has 0 radical (unpaired) electrons. The molecule has 1 N–H and O–H groups in total. The van der Waals surface area contributed by atoms with Crippen LogP contribution in [0.2, 0.25) is 0 Å². The van der Waals surface area contributed by atoms with E-state index in [0.717, 1.165) is 31.3 Å². The Morgan fingerprint density at radius 1 is 1.50 bits per heavy atom. The molecule has 1 aliphatic heterocycles. The van der Waals surface area contributed by atoms with Crippen LogP contribution in [0, 0.1) is 12.8 Å². The number of nitrogens with one attached hydrogen (secondary N) is 1. The van der Waals surface area contributed by atoms with E-state index in [4.69, 9.17) is 0 Å². The molecule has 0 amide bonds.